The molecule has 0 aromatic heterocycles. The van der Waals surface area contributed by atoms with Crippen LogP contribution < -0.4 is 5.32 Å². The Morgan fingerprint density at radius 3 is 2.50 bits per heavy atom. The summed E-state index contributed by atoms with van der Waals surface area (Å²) in [6.45, 7) is 15.5. The maximum absolute atomic E-state index is 14.1. The summed E-state index contributed by atoms with van der Waals surface area (Å²) in [7, 11) is 0. The van der Waals surface area contributed by atoms with E-state index in [0.29, 0.717) is 37.6 Å². The van der Waals surface area contributed by atoms with Crippen LogP contribution in [0.3, 0.4) is 0 Å². The first-order chi connectivity index (χ1) is 20.3. The van der Waals surface area contributed by atoms with Gasteiger partial charge in [0, 0.05) is 56.3 Å². The normalized spacial score (nSPS) is 21.0. The highest BCUT2D eigenvalue weighted by atomic mass is 16.5. The monoisotopic (exact) mass is 576 g/mol. The number of amides is 1. The van der Waals surface area contributed by atoms with Crippen LogP contribution in [0.4, 0.5) is 0 Å². The average Bonchev–Trinajstić information content (AvgIpc) is 2.98. The van der Waals surface area contributed by atoms with E-state index in [1.54, 1.807) is 6.07 Å². The standard InChI is InChI=1S/C34H48N4O4/c1-5-19-36-23-26(4)38(24-25(36)3)33(28-11-8-13-31(39)22-28)27-10-7-12-29(21-27)34(41)37(30-15-17-35-18-16-30)20-9-14-32(40)42-6-2/h5,7-8,10-13,21-22,25-26,30,33,35,39H,1,6,9,14-20,23-24H2,2-4H3/t25-,26-,33?/m1/s1. The van der Waals surface area contributed by atoms with Gasteiger partial charge in [0.2, 0.25) is 0 Å². The maximum Gasteiger partial charge on any atom is 0.305 e. The molecule has 42 heavy (non-hydrogen) atoms. The Morgan fingerprint density at radius 2 is 1.81 bits per heavy atom. The molecule has 2 aliphatic heterocycles. The van der Waals surface area contributed by atoms with Crippen LogP contribution in [0.25, 0.3) is 0 Å². The lowest BCUT2D eigenvalue weighted by Crippen LogP contribution is -2.57. The van der Waals surface area contributed by atoms with Crippen LogP contribution in [0.5, 0.6) is 5.75 Å². The molecule has 0 radical (unpaired) electrons. The van der Waals surface area contributed by atoms with Crippen molar-refractivity contribution < 1.29 is 19.4 Å². The molecule has 2 saturated heterocycles. The molecule has 1 unspecified atom stereocenters. The molecule has 0 spiro atoms. The van der Waals surface area contributed by atoms with E-state index in [9.17, 15) is 14.7 Å². The number of aromatic hydroxyl groups is 1. The number of rotatable bonds is 12. The van der Waals surface area contributed by atoms with Crippen LogP contribution in [0.1, 0.15) is 74.0 Å². The number of nitrogens with one attached hydrogen (secondary N) is 1. The Balaban J connectivity index is 1.64. The second kappa shape index (κ2) is 15.3. The van der Waals surface area contributed by atoms with Crippen molar-refractivity contribution in [2.45, 2.75) is 70.6 Å². The maximum atomic E-state index is 14.1. The number of phenolic OH excluding ortho intramolecular Hbond substituents is 1. The Kier molecular flexibility index (Phi) is 11.6. The highest BCUT2D eigenvalue weighted by Gasteiger charge is 2.35. The minimum Gasteiger partial charge on any atom is -0.508 e. The van der Waals surface area contributed by atoms with E-state index in [4.69, 9.17) is 4.74 Å². The molecule has 2 aromatic rings. The van der Waals surface area contributed by atoms with E-state index in [1.807, 2.05) is 48.2 Å². The molecule has 1 amide bonds. The van der Waals surface area contributed by atoms with Crippen LogP contribution in [0, 0.1) is 0 Å². The number of hydrogen-bond acceptors (Lipinski definition) is 7. The van der Waals surface area contributed by atoms with Gasteiger partial charge in [0.1, 0.15) is 5.75 Å². The quantitative estimate of drug-likeness (QED) is 0.282. The van der Waals surface area contributed by atoms with Crippen LogP contribution in [0.15, 0.2) is 61.2 Å². The fourth-order valence-corrected chi connectivity index (χ4v) is 6.48. The lowest BCUT2D eigenvalue weighted by molar-refractivity contribution is -0.143. The number of benzene rings is 2. The molecule has 2 fully saturated rings. The second-order valence-electron chi connectivity index (χ2n) is 11.6. The van der Waals surface area contributed by atoms with Crippen LogP contribution in [0.2, 0.25) is 0 Å². The number of piperazine rings is 1. The molecule has 0 bridgehead atoms. The van der Waals surface area contributed by atoms with E-state index < -0.39 is 0 Å². The van der Waals surface area contributed by atoms with E-state index in [0.717, 1.165) is 56.7 Å². The van der Waals surface area contributed by atoms with Crippen molar-refractivity contribution in [2.24, 2.45) is 0 Å². The molecular weight excluding hydrogens is 528 g/mol. The van der Waals surface area contributed by atoms with Crippen molar-refractivity contribution in [3.63, 3.8) is 0 Å². The molecule has 3 atom stereocenters. The molecule has 2 heterocycles. The van der Waals surface area contributed by atoms with Crippen molar-refractivity contribution in [3.05, 3.63) is 77.9 Å². The molecule has 0 aliphatic carbocycles. The predicted octanol–water partition coefficient (Wildman–Crippen LogP) is 4.60. The fraction of sp³-hybridized carbons (Fsp3) is 0.529. The Bertz CT molecular complexity index is 1200. The van der Waals surface area contributed by atoms with Gasteiger partial charge < -0.3 is 20.1 Å². The van der Waals surface area contributed by atoms with Gasteiger partial charge in [-0.25, -0.2) is 0 Å². The SMILES string of the molecule is C=CCN1C[C@@H](C)N(C(c2cccc(O)c2)c2cccc(C(=O)N(CCCC(=O)OCC)C3CCNCC3)c2)C[C@H]1C. The van der Waals surface area contributed by atoms with Gasteiger partial charge in [-0.1, -0.05) is 30.3 Å². The molecule has 8 nitrogen and oxygen atoms in total. The van der Waals surface area contributed by atoms with Crippen molar-refractivity contribution in [1.82, 2.24) is 20.0 Å². The first-order valence-corrected chi connectivity index (χ1v) is 15.5. The number of carbonyl (C=O) groups is 2. The summed E-state index contributed by atoms with van der Waals surface area (Å²) < 4.78 is 5.12. The summed E-state index contributed by atoms with van der Waals surface area (Å²) in [5.41, 5.74) is 2.68. The van der Waals surface area contributed by atoms with Crippen molar-refractivity contribution >= 4 is 11.9 Å². The van der Waals surface area contributed by atoms with Gasteiger partial charge in [-0.15, -0.1) is 6.58 Å². The van der Waals surface area contributed by atoms with E-state index >= 15 is 0 Å². The van der Waals surface area contributed by atoms with Crippen LogP contribution in [-0.4, -0.2) is 95.7 Å². The van der Waals surface area contributed by atoms with E-state index in [2.05, 4.69) is 47.7 Å². The minimum absolute atomic E-state index is 0.000475. The average molecular weight is 577 g/mol. The van der Waals surface area contributed by atoms with Crippen molar-refractivity contribution in [3.8, 4) is 5.75 Å². The zero-order valence-corrected chi connectivity index (χ0v) is 25.5. The molecule has 2 aromatic carbocycles. The van der Waals surface area contributed by atoms with E-state index in [-0.39, 0.29) is 35.8 Å². The number of piperidine rings is 1. The zero-order valence-electron chi connectivity index (χ0n) is 25.5. The number of esters is 1. The Morgan fingerprint density at radius 1 is 1.10 bits per heavy atom. The lowest BCUT2D eigenvalue weighted by Gasteiger charge is -2.47. The van der Waals surface area contributed by atoms with Gasteiger partial charge in [0.25, 0.3) is 5.91 Å². The van der Waals surface area contributed by atoms with Crippen molar-refractivity contribution in [2.75, 3.05) is 45.9 Å². The van der Waals surface area contributed by atoms with Gasteiger partial charge >= 0.3 is 5.97 Å². The van der Waals surface area contributed by atoms with Gasteiger partial charge in [0.05, 0.1) is 12.6 Å². The summed E-state index contributed by atoms with van der Waals surface area (Å²) in [5, 5.41) is 13.8. The highest BCUT2D eigenvalue weighted by Crippen LogP contribution is 2.35. The Labute approximate surface area is 251 Å². The summed E-state index contributed by atoms with van der Waals surface area (Å²) in [5.74, 6) is 0.0107. The van der Waals surface area contributed by atoms with E-state index in [1.165, 1.54) is 0 Å². The third kappa shape index (κ3) is 8.00. The fourth-order valence-electron chi connectivity index (χ4n) is 6.48. The van der Waals surface area contributed by atoms with Crippen LogP contribution >= 0.6 is 0 Å². The second-order valence-corrected chi connectivity index (χ2v) is 11.6. The van der Waals surface area contributed by atoms with Gasteiger partial charge in [-0.05, 0) is 88.5 Å². The molecule has 228 valence electrons. The lowest BCUT2D eigenvalue weighted by atomic mass is 9.92. The van der Waals surface area contributed by atoms with Gasteiger partial charge in [0.15, 0.2) is 0 Å². The summed E-state index contributed by atoms with van der Waals surface area (Å²) in [6.07, 6.45) is 4.62. The summed E-state index contributed by atoms with van der Waals surface area (Å²) in [4.78, 5) is 33.1. The predicted molar refractivity (Wildman–Crippen MR) is 167 cm³/mol. The van der Waals surface area contributed by atoms with Crippen LogP contribution in [-0.2, 0) is 9.53 Å². The minimum atomic E-state index is -0.220. The summed E-state index contributed by atoms with van der Waals surface area (Å²) >= 11 is 0. The molecule has 8 heteroatoms. The molecule has 2 aliphatic rings. The molecule has 4 rings (SSSR count). The Hall–Kier alpha value is -3.20. The number of nitrogens with zero attached hydrogens (tertiary/aromatic N) is 3. The first-order valence-electron chi connectivity index (χ1n) is 15.5. The number of phenols is 1. The molecular formula is C34H48N4O4. The smallest absolute Gasteiger partial charge is 0.305 e. The molecule has 2 N–H and O–H groups in total. The molecule has 0 saturated carbocycles. The zero-order chi connectivity index (χ0) is 30.1. The number of carbonyl (C=O) groups excluding carboxylic acids is 2. The third-order valence-electron chi connectivity index (χ3n) is 8.59. The van der Waals surface area contributed by atoms with Gasteiger partial charge in [-0.3, -0.25) is 19.4 Å². The number of hydrogen-bond donors (Lipinski definition) is 2. The topological polar surface area (TPSA) is 85.4 Å². The highest BCUT2D eigenvalue weighted by molar-refractivity contribution is 5.94. The first kappa shape index (κ1) is 31.7. The van der Waals surface area contributed by atoms with Gasteiger partial charge in [-0.2, -0.15) is 0 Å². The van der Waals surface area contributed by atoms with Crippen molar-refractivity contribution in [1.29, 1.82) is 0 Å². The summed E-state index contributed by atoms with van der Waals surface area (Å²) in [6, 6.07) is 16.1. The largest absolute Gasteiger partial charge is 0.508 e. The third-order valence-corrected chi connectivity index (χ3v) is 8.59. The number of ether oxygens (including phenoxy) is 1.